The molecule has 0 aliphatic carbocycles. The number of aromatic amines is 2. The third kappa shape index (κ3) is 2.60. The van der Waals surface area contributed by atoms with Gasteiger partial charge < -0.3 is 4.98 Å². The van der Waals surface area contributed by atoms with Gasteiger partial charge in [-0.25, -0.2) is 0 Å². The Hall–Kier alpha value is -1.75. The summed E-state index contributed by atoms with van der Waals surface area (Å²) in [6.07, 6.45) is 4.10. The van der Waals surface area contributed by atoms with E-state index in [1.165, 1.54) is 6.07 Å². The van der Waals surface area contributed by atoms with Crippen LogP contribution in [0, 0.1) is 4.77 Å². The number of nitrogens with one attached hydrogen (secondary N) is 2. The lowest BCUT2D eigenvalue weighted by molar-refractivity contribution is 0.980. The van der Waals surface area contributed by atoms with Gasteiger partial charge in [-0.05, 0) is 23.8 Å². The fourth-order valence-electron chi connectivity index (χ4n) is 1.34. The van der Waals surface area contributed by atoms with Gasteiger partial charge in [0.1, 0.15) is 0 Å². The van der Waals surface area contributed by atoms with E-state index in [-0.39, 0.29) is 5.56 Å². The summed E-state index contributed by atoms with van der Waals surface area (Å²) in [4.78, 5) is 20.6. The predicted octanol–water partition coefficient (Wildman–Crippen LogP) is 1.42. The predicted molar refractivity (Wildman–Crippen MR) is 59.3 cm³/mol. The highest BCUT2D eigenvalue weighted by molar-refractivity contribution is 7.71. The van der Waals surface area contributed by atoms with E-state index in [4.69, 9.17) is 12.2 Å². The summed E-state index contributed by atoms with van der Waals surface area (Å²) in [7, 11) is 0. The van der Waals surface area contributed by atoms with Crippen LogP contribution in [0.3, 0.4) is 0 Å². The molecule has 0 unspecified atom stereocenters. The van der Waals surface area contributed by atoms with Gasteiger partial charge in [0.05, 0.1) is 0 Å². The van der Waals surface area contributed by atoms with Crippen LogP contribution < -0.4 is 5.56 Å². The maximum absolute atomic E-state index is 11.1. The summed E-state index contributed by atoms with van der Waals surface area (Å²) in [5.74, 6) is 0. The zero-order valence-corrected chi connectivity index (χ0v) is 8.67. The van der Waals surface area contributed by atoms with Gasteiger partial charge in [0, 0.05) is 30.6 Å². The lowest BCUT2D eigenvalue weighted by Crippen LogP contribution is -2.08. The molecule has 2 aromatic heterocycles. The summed E-state index contributed by atoms with van der Waals surface area (Å²) in [6, 6.07) is 5.31. The highest BCUT2D eigenvalue weighted by Crippen LogP contribution is 2.02. The van der Waals surface area contributed by atoms with Crippen LogP contribution in [0.2, 0.25) is 0 Å². The van der Waals surface area contributed by atoms with Gasteiger partial charge in [-0.15, -0.1) is 0 Å². The lowest BCUT2D eigenvalue weighted by atomic mass is 10.1. The van der Waals surface area contributed by atoms with Crippen molar-refractivity contribution in [1.29, 1.82) is 0 Å². The van der Waals surface area contributed by atoms with Gasteiger partial charge in [0.2, 0.25) is 0 Å². The molecule has 0 atom stereocenters. The van der Waals surface area contributed by atoms with Crippen LogP contribution in [-0.2, 0) is 6.42 Å². The zero-order valence-electron chi connectivity index (χ0n) is 7.86. The molecule has 2 heterocycles. The second-order valence-corrected chi connectivity index (χ2v) is 3.56. The first-order chi connectivity index (χ1) is 7.24. The van der Waals surface area contributed by atoms with Crippen molar-refractivity contribution in [2.75, 3.05) is 0 Å². The Balaban J connectivity index is 2.33. The summed E-state index contributed by atoms with van der Waals surface area (Å²) >= 11 is 4.88. The molecule has 0 saturated carbocycles. The van der Waals surface area contributed by atoms with E-state index in [2.05, 4.69) is 15.0 Å². The van der Waals surface area contributed by atoms with Crippen molar-refractivity contribution in [3.63, 3.8) is 0 Å². The molecule has 0 bridgehead atoms. The Morgan fingerprint density at radius 2 is 2.27 bits per heavy atom. The van der Waals surface area contributed by atoms with Crippen molar-refractivity contribution in [3.8, 4) is 0 Å². The number of pyridine rings is 1. The molecule has 4 nitrogen and oxygen atoms in total. The fraction of sp³-hybridized carbons (Fsp3) is 0.100. The van der Waals surface area contributed by atoms with Crippen LogP contribution >= 0.6 is 12.2 Å². The number of aromatic nitrogens is 3. The number of nitrogens with zero attached hydrogens (tertiary/aromatic N) is 1. The lowest BCUT2D eigenvalue weighted by Gasteiger charge is -2.00. The SMILES string of the molecule is O=c1cc(Cc2cccnc2)[nH]c(=S)[nH]1. The van der Waals surface area contributed by atoms with Crippen LogP contribution in [0.5, 0.6) is 0 Å². The van der Waals surface area contributed by atoms with Crippen LogP contribution in [0.1, 0.15) is 11.3 Å². The van der Waals surface area contributed by atoms with E-state index in [1.807, 2.05) is 12.1 Å². The summed E-state index contributed by atoms with van der Waals surface area (Å²) in [6.45, 7) is 0. The number of rotatable bonds is 2. The van der Waals surface area contributed by atoms with Gasteiger partial charge in [-0.2, -0.15) is 0 Å². The van der Waals surface area contributed by atoms with E-state index in [1.54, 1.807) is 12.4 Å². The molecule has 0 aromatic carbocycles. The van der Waals surface area contributed by atoms with Gasteiger partial charge in [0.15, 0.2) is 4.77 Å². The molecule has 0 aliphatic rings. The summed E-state index contributed by atoms with van der Waals surface area (Å²) in [5, 5.41) is 0. The van der Waals surface area contributed by atoms with Crippen molar-refractivity contribution < 1.29 is 0 Å². The smallest absolute Gasteiger partial charge is 0.251 e. The second-order valence-electron chi connectivity index (χ2n) is 3.15. The minimum absolute atomic E-state index is 0.183. The normalized spacial score (nSPS) is 10.1. The Morgan fingerprint density at radius 3 is 2.93 bits per heavy atom. The maximum Gasteiger partial charge on any atom is 0.251 e. The largest absolute Gasteiger partial charge is 0.336 e. The molecular formula is C10H9N3OS. The topological polar surface area (TPSA) is 61.5 Å². The molecule has 0 saturated heterocycles. The first-order valence-electron chi connectivity index (χ1n) is 4.45. The van der Waals surface area contributed by atoms with Crippen molar-refractivity contribution in [3.05, 3.63) is 57.0 Å². The standard InChI is InChI=1S/C10H9N3OS/c14-9-5-8(12-10(15)13-9)4-7-2-1-3-11-6-7/h1-3,5-6H,4H2,(H2,12,13,14,15). The quantitative estimate of drug-likeness (QED) is 0.751. The molecule has 2 N–H and O–H groups in total. The van der Waals surface area contributed by atoms with E-state index in [0.717, 1.165) is 11.3 Å². The number of hydrogen-bond donors (Lipinski definition) is 2. The molecule has 5 heteroatoms. The van der Waals surface area contributed by atoms with Gasteiger partial charge in [-0.1, -0.05) is 6.07 Å². The van der Waals surface area contributed by atoms with Gasteiger partial charge in [0.25, 0.3) is 5.56 Å². The Labute approximate surface area is 91.0 Å². The molecule has 0 amide bonds. The van der Waals surface area contributed by atoms with Gasteiger partial charge >= 0.3 is 0 Å². The average Bonchev–Trinajstić information content (AvgIpc) is 2.17. The highest BCUT2D eigenvalue weighted by Gasteiger charge is 1.97. The van der Waals surface area contributed by atoms with Crippen molar-refractivity contribution in [2.45, 2.75) is 6.42 Å². The molecule has 0 spiro atoms. The molecule has 76 valence electrons. The second kappa shape index (κ2) is 4.18. The maximum atomic E-state index is 11.1. The Kier molecular flexibility index (Phi) is 2.73. The number of hydrogen-bond acceptors (Lipinski definition) is 3. The van der Waals surface area contributed by atoms with E-state index in [0.29, 0.717) is 11.2 Å². The minimum Gasteiger partial charge on any atom is -0.336 e. The highest BCUT2D eigenvalue weighted by atomic mass is 32.1. The van der Waals surface area contributed by atoms with Crippen LogP contribution in [0.15, 0.2) is 35.4 Å². The first kappa shape index (κ1) is 9.79. The van der Waals surface area contributed by atoms with Crippen molar-refractivity contribution in [1.82, 2.24) is 15.0 Å². The van der Waals surface area contributed by atoms with Crippen LogP contribution in [-0.4, -0.2) is 15.0 Å². The molecule has 0 radical (unpaired) electrons. The molecule has 2 aromatic rings. The Bertz CT molecular complexity index is 530. The van der Waals surface area contributed by atoms with Crippen LogP contribution in [0.4, 0.5) is 0 Å². The summed E-state index contributed by atoms with van der Waals surface area (Å²) < 4.78 is 0.349. The molecule has 0 fully saturated rings. The van der Waals surface area contributed by atoms with Gasteiger partial charge in [-0.3, -0.25) is 14.8 Å². The van der Waals surface area contributed by atoms with E-state index < -0.39 is 0 Å². The minimum atomic E-state index is -0.183. The van der Waals surface area contributed by atoms with Crippen molar-refractivity contribution >= 4 is 12.2 Å². The molecular weight excluding hydrogens is 210 g/mol. The monoisotopic (exact) mass is 219 g/mol. The first-order valence-corrected chi connectivity index (χ1v) is 4.86. The fourth-order valence-corrected chi connectivity index (χ4v) is 1.57. The number of H-pyrrole nitrogens is 2. The molecule has 2 rings (SSSR count). The van der Waals surface area contributed by atoms with Crippen molar-refractivity contribution in [2.24, 2.45) is 0 Å². The third-order valence-electron chi connectivity index (χ3n) is 1.93. The van der Waals surface area contributed by atoms with Crippen LogP contribution in [0.25, 0.3) is 0 Å². The Morgan fingerprint density at radius 1 is 1.40 bits per heavy atom. The average molecular weight is 219 g/mol. The summed E-state index contributed by atoms with van der Waals surface area (Å²) in [5.41, 5.74) is 1.64. The van der Waals surface area contributed by atoms with E-state index >= 15 is 0 Å². The zero-order chi connectivity index (χ0) is 10.7. The molecule has 0 aliphatic heterocycles. The van der Waals surface area contributed by atoms with E-state index in [9.17, 15) is 4.79 Å². The molecule has 15 heavy (non-hydrogen) atoms. The third-order valence-corrected chi connectivity index (χ3v) is 2.14.